The number of fused-ring (bicyclic) bond motifs is 1. The van der Waals surface area contributed by atoms with Gasteiger partial charge in [0.15, 0.2) is 0 Å². The Bertz CT molecular complexity index is 448. The van der Waals surface area contributed by atoms with Gasteiger partial charge < -0.3 is 15.3 Å². The van der Waals surface area contributed by atoms with E-state index < -0.39 is 12.0 Å². The average molecular weight is 276 g/mol. The quantitative estimate of drug-likeness (QED) is 0.837. The fourth-order valence-electron chi connectivity index (χ4n) is 2.85. The van der Waals surface area contributed by atoms with Gasteiger partial charge in [0.05, 0.1) is 0 Å². The highest BCUT2D eigenvalue weighted by atomic mass is 16.4. The number of hydrogen-bond acceptors (Lipinski definition) is 3. The Morgan fingerprint density at radius 2 is 2.20 bits per heavy atom. The van der Waals surface area contributed by atoms with E-state index >= 15 is 0 Å². The molecule has 0 fully saturated rings. The number of hydrogen-bond donors (Lipinski definition) is 2. The van der Waals surface area contributed by atoms with Crippen molar-refractivity contribution in [3.8, 4) is 0 Å². The molecule has 0 spiro atoms. The third-order valence-electron chi connectivity index (χ3n) is 3.89. The topological polar surface area (TPSA) is 52.6 Å². The van der Waals surface area contributed by atoms with E-state index in [0.717, 1.165) is 19.5 Å². The van der Waals surface area contributed by atoms with Gasteiger partial charge in [0.25, 0.3) is 0 Å². The highest BCUT2D eigenvalue weighted by Gasteiger charge is 2.19. The first-order chi connectivity index (χ1) is 9.72. The summed E-state index contributed by atoms with van der Waals surface area (Å²) in [6.07, 6.45) is 4.15. The molecule has 0 saturated carbocycles. The van der Waals surface area contributed by atoms with Gasteiger partial charge in [-0.25, -0.2) is 0 Å². The first kappa shape index (κ1) is 14.9. The molecule has 1 unspecified atom stereocenters. The molecule has 0 amide bonds. The van der Waals surface area contributed by atoms with E-state index in [9.17, 15) is 9.90 Å². The van der Waals surface area contributed by atoms with Crippen molar-refractivity contribution in [2.75, 3.05) is 24.5 Å². The summed E-state index contributed by atoms with van der Waals surface area (Å²) >= 11 is 0. The lowest BCUT2D eigenvalue weighted by atomic mass is 10.1. The first-order valence-electron chi connectivity index (χ1n) is 7.51. The second-order valence-electron chi connectivity index (χ2n) is 5.31. The molecule has 2 N–H and O–H groups in total. The Balaban J connectivity index is 2.03. The summed E-state index contributed by atoms with van der Waals surface area (Å²) in [5.74, 6) is -0.755. The van der Waals surface area contributed by atoms with Crippen LogP contribution in [0.3, 0.4) is 0 Å². The fraction of sp³-hybridized carbons (Fsp3) is 0.562. The summed E-state index contributed by atoms with van der Waals surface area (Å²) in [7, 11) is 0. The SMILES string of the molecule is CCNC(CCN1CCCCc2ccccc21)C(=O)O. The normalized spacial score (nSPS) is 16.4. The molecule has 20 heavy (non-hydrogen) atoms. The van der Waals surface area contributed by atoms with Gasteiger partial charge in [-0.05, 0) is 43.9 Å². The molecule has 1 aromatic rings. The van der Waals surface area contributed by atoms with E-state index in [-0.39, 0.29) is 0 Å². The molecule has 0 radical (unpaired) electrons. The van der Waals surface area contributed by atoms with Crippen LogP contribution in [0.4, 0.5) is 5.69 Å². The van der Waals surface area contributed by atoms with Crippen LogP contribution in [0.25, 0.3) is 0 Å². The van der Waals surface area contributed by atoms with Crippen molar-refractivity contribution in [3.05, 3.63) is 29.8 Å². The predicted octanol–water partition coefficient (Wildman–Crippen LogP) is 2.28. The number of carboxylic acid groups (broad SMARTS) is 1. The molecule has 0 aromatic heterocycles. The van der Waals surface area contributed by atoms with Gasteiger partial charge in [0.2, 0.25) is 0 Å². The highest BCUT2D eigenvalue weighted by Crippen LogP contribution is 2.26. The Morgan fingerprint density at radius 1 is 1.40 bits per heavy atom. The van der Waals surface area contributed by atoms with Crippen LogP contribution < -0.4 is 10.2 Å². The van der Waals surface area contributed by atoms with Crippen LogP contribution >= 0.6 is 0 Å². The number of likely N-dealkylation sites (N-methyl/N-ethyl adjacent to an activating group) is 1. The van der Waals surface area contributed by atoms with Gasteiger partial charge in [-0.1, -0.05) is 25.1 Å². The van der Waals surface area contributed by atoms with Crippen molar-refractivity contribution in [2.45, 2.75) is 38.6 Å². The van der Waals surface area contributed by atoms with E-state index in [1.54, 1.807) is 0 Å². The molecule has 2 rings (SSSR count). The third-order valence-corrected chi connectivity index (χ3v) is 3.89. The maximum atomic E-state index is 11.2. The van der Waals surface area contributed by atoms with Crippen LogP contribution in [0, 0.1) is 0 Å². The maximum absolute atomic E-state index is 11.2. The van der Waals surface area contributed by atoms with Crippen LogP contribution in [0.5, 0.6) is 0 Å². The minimum atomic E-state index is -0.755. The first-order valence-corrected chi connectivity index (χ1v) is 7.51. The lowest BCUT2D eigenvalue weighted by Gasteiger charge is -2.26. The molecule has 0 aliphatic carbocycles. The van der Waals surface area contributed by atoms with Crippen LogP contribution in [-0.4, -0.2) is 36.8 Å². The monoisotopic (exact) mass is 276 g/mol. The standard InChI is InChI=1S/C16H24N2O2/c1-2-17-14(16(19)20)10-12-18-11-6-5-8-13-7-3-4-9-15(13)18/h3-4,7,9,14,17H,2,5-6,8,10-12H2,1H3,(H,19,20). The summed E-state index contributed by atoms with van der Waals surface area (Å²) in [5, 5.41) is 12.2. The molecule has 1 aliphatic rings. The van der Waals surface area contributed by atoms with Gasteiger partial charge in [-0.15, -0.1) is 0 Å². The summed E-state index contributed by atoms with van der Waals surface area (Å²) in [6, 6.07) is 8.04. The molecule has 110 valence electrons. The lowest BCUT2D eigenvalue weighted by molar-refractivity contribution is -0.139. The molecular formula is C16H24N2O2. The number of benzene rings is 1. The van der Waals surface area contributed by atoms with Gasteiger partial charge in [0, 0.05) is 18.8 Å². The molecule has 4 nitrogen and oxygen atoms in total. The predicted molar refractivity (Wildman–Crippen MR) is 81.3 cm³/mol. The zero-order chi connectivity index (χ0) is 14.4. The van der Waals surface area contributed by atoms with Gasteiger partial charge in [0.1, 0.15) is 6.04 Å². The molecule has 4 heteroatoms. The Labute approximate surface area is 120 Å². The smallest absolute Gasteiger partial charge is 0.320 e. The molecular weight excluding hydrogens is 252 g/mol. The van der Waals surface area contributed by atoms with E-state index in [2.05, 4.69) is 34.5 Å². The molecule has 0 saturated heterocycles. The number of carboxylic acids is 1. The number of aliphatic carboxylic acids is 1. The second-order valence-corrected chi connectivity index (χ2v) is 5.31. The van der Waals surface area contributed by atoms with Crippen molar-refractivity contribution in [2.24, 2.45) is 0 Å². The van der Waals surface area contributed by atoms with E-state index in [1.807, 2.05) is 6.92 Å². The van der Waals surface area contributed by atoms with Crippen molar-refractivity contribution < 1.29 is 9.90 Å². The van der Waals surface area contributed by atoms with E-state index in [1.165, 1.54) is 24.1 Å². The zero-order valence-electron chi connectivity index (χ0n) is 12.1. The minimum Gasteiger partial charge on any atom is -0.480 e. The number of para-hydroxylation sites is 1. The molecule has 1 atom stereocenters. The summed E-state index contributed by atoms with van der Waals surface area (Å²) in [6.45, 7) is 4.45. The number of rotatable bonds is 6. The molecule has 0 bridgehead atoms. The van der Waals surface area contributed by atoms with Crippen molar-refractivity contribution in [1.82, 2.24) is 5.32 Å². The van der Waals surface area contributed by atoms with Gasteiger partial charge in [-0.2, -0.15) is 0 Å². The number of nitrogens with zero attached hydrogens (tertiary/aromatic N) is 1. The van der Waals surface area contributed by atoms with Crippen LogP contribution in [-0.2, 0) is 11.2 Å². The molecule has 1 aromatic carbocycles. The fourth-order valence-corrected chi connectivity index (χ4v) is 2.85. The average Bonchev–Trinajstić information content (AvgIpc) is 2.65. The van der Waals surface area contributed by atoms with Crippen molar-refractivity contribution >= 4 is 11.7 Å². The summed E-state index contributed by atoms with van der Waals surface area (Å²) < 4.78 is 0. The molecule has 1 aliphatic heterocycles. The van der Waals surface area contributed by atoms with Crippen LogP contribution in [0.1, 0.15) is 31.7 Å². The summed E-state index contributed by atoms with van der Waals surface area (Å²) in [4.78, 5) is 13.5. The Kier molecular flexibility index (Phi) is 5.41. The summed E-state index contributed by atoms with van der Waals surface area (Å²) in [5.41, 5.74) is 2.67. The number of aryl methyl sites for hydroxylation is 1. The van der Waals surface area contributed by atoms with Gasteiger partial charge >= 0.3 is 5.97 Å². The van der Waals surface area contributed by atoms with Crippen molar-refractivity contribution in [1.29, 1.82) is 0 Å². The van der Waals surface area contributed by atoms with Crippen LogP contribution in [0.15, 0.2) is 24.3 Å². The van der Waals surface area contributed by atoms with Crippen LogP contribution in [0.2, 0.25) is 0 Å². The Morgan fingerprint density at radius 3 is 2.95 bits per heavy atom. The third kappa shape index (κ3) is 3.73. The maximum Gasteiger partial charge on any atom is 0.320 e. The number of nitrogens with one attached hydrogen (secondary N) is 1. The molecule has 1 heterocycles. The largest absolute Gasteiger partial charge is 0.480 e. The van der Waals surface area contributed by atoms with Gasteiger partial charge in [-0.3, -0.25) is 4.79 Å². The van der Waals surface area contributed by atoms with Crippen molar-refractivity contribution in [3.63, 3.8) is 0 Å². The van der Waals surface area contributed by atoms with E-state index in [4.69, 9.17) is 0 Å². The number of carbonyl (C=O) groups is 1. The van der Waals surface area contributed by atoms with E-state index in [0.29, 0.717) is 13.0 Å². The lowest BCUT2D eigenvalue weighted by Crippen LogP contribution is -2.40. The minimum absolute atomic E-state index is 0.449. The Hall–Kier alpha value is -1.55. The zero-order valence-corrected chi connectivity index (χ0v) is 12.1. The number of anilines is 1. The second kappa shape index (κ2) is 7.29. The highest BCUT2D eigenvalue weighted by molar-refractivity contribution is 5.73.